The van der Waals surface area contributed by atoms with E-state index in [1.54, 1.807) is 4.90 Å². The van der Waals surface area contributed by atoms with Crippen molar-refractivity contribution in [3.05, 3.63) is 94.5 Å². The Balaban J connectivity index is 1.18. The van der Waals surface area contributed by atoms with Gasteiger partial charge in [0.05, 0.1) is 6.54 Å². The molecule has 0 radical (unpaired) electrons. The van der Waals surface area contributed by atoms with Gasteiger partial charge in [-0.3, -0.25) is 9.80 Å². The van der Waals surface area contributed by atoms with Crippen molar-refractivity contribution in [2.75, 3.05) is 39.8 Å². The first-order chi connectivity index (χ1) is 16.5. The van der Waals surface area contributed by atoms with Gasteiger partial charge in [0.1, 0.15) is 6.10 Å². The molecule has 1 atom stereocenters. The van der Waals surface area contributed by atoms with Gasteiger partial charge in [0.15, 0.2) is 0 Å². The van der Waals surface area contributed by atoms with E-state index in [-0.39, 0.29) is 12.2 Å². The summed E-state index contributed by atoms with van der Waals surface area (Å²) in [5.74, 6) is 0. The number of nitrogens with zero attached hydrogens (tertiary/aromatic N) is 3. The van der Waals surface area contributed by atoms with Gasteiger partial charge in [-0.15, -0.1) is 0 Å². The van der Waals surface area contributed by atoms with Gasteiger partial charge in [-0.2, -0.15) is 0 Å². The number of carbonyl (C=O) groups excluding carboxylic acids is 1. The second kappa shape index (κ2) is 10.2. The highest BCUT2D eigenvalue weighted by Crippen LogP contribution is 2.29. The van der Waals surface area contributed by atoms with Crippen LogP contribution in [0.4, 0.5) is 4.79 Å². The summed E-state index contributed by atoms with van der Waals surface area (Å²) in [7, 11) is 2.19. The Morgan fingerprint density at radius 3 is 1.94 bits per heavy atom. The summed E-state index contributed by atoms with van der Waals surface area (Å²) in [6.45, 7) is 6.62. The number of piperazine rings is 1. The van der Waals surface area contributed by atoms with E-state index in [0.29, 0.717) is 18.1 Å². The Hall–Kier alpha value is -2.86. The molecule has 0 aromatic heterocycles. The third-order valence-electron chi connectivity index (χ3n) is 6.75. The maximum Gasteiger partial charge on any atom is 0.410 e. The zero-order valence-electron chi connectivity index (χ0n) is 19.5. The van der Waals surface area contributed by atoms with Crippen molar-refractivity contribution in [1.82, 2.24) is 14.7 Å². The largest absolute Gasteiger partial charge is 0.439 e. The Morgan fingerprint density at radius 1 is 0.794 bits per heavy atom. The molecule has 0 bridgehead atoms. The molecule has 2 fully saturated rings. The number of halogens is 1. The third kappa shape index (κ3) is 5.44. The van der Waals surface area contributed by atoms with E-state index >= 15 is 0 Å². The maximum absolute atomic E-state index is 12.4. The van der Waals surface area contributed by atoms with Gasteiger partial charge in [0.25, 0.3) is 0 Å². The van der Waals surface area contributed by atoms with Crippen LogP contribution in [0.3, 0.4) is 0 Å². The fourth-order valence-electron chi connectivity index (χ4n) is 4.58. The van der Waals surface area contributed by atoms with Crippen LogP contribution >= 0.6 is 11.6 Å². The van der Waals surface area contributed by atoms with Crippen molar-refractivity contribution in [2.24, 2.45) is 0 Å². The van der Waals surface area contributed by atoms with Crippen LogP contribution in [0.2, 0.25) is 5.02 Å². The number of cyclic esters (lactones) is 1. The number of benzene rings is 3. The Labute approximate surface area is 206 Å². The SMILES string of the molecule is CN1CCN(Cc2ccc(-c3ccc(CN4CC(c5ccc(Cl)cc5)OC4=O)cc3)cc2)CC1. The van der Waals surface area contributed by atoms with Crippen LogP contribution < -0.4 is 0 Å². The third-order valence-corrected chi connectivity index (χ3v) is 7.00. The van der Waals surface area contributed by atoms with Crippen LogP contribution in [0, 0.1) is 0 Å². The monoisotopic (exact) mass is 475 g/mol. The Kier molecular flexibility index (Phi) is 6.86. The summed E-state index contributed by atoms with van der Waals surface area (Å²) in [5.41, 5.74) is 5.79. The summed E-state index contributed by atoms with van der Waals surface area (Å²) in [6.07, 6.45) is -0.534. The average molecular weight is 476 g/mol. The lowest BCUT2D eigenvalue weighted by molar-refractivity contribution is 0.132. The molecule has 2 aliphatic heterocycles. The zero-order valence-corrected chi connectivity index (χ0v) is 20.2. The number of rotatable bonds is 6. The van der Waals surface area contributed by atoms with Crippen molar-refractivity contribution < 1.29 is 9.53 Å². The lowest BCUT2D eigenvalue weighted by Crippen LogP contribution is -2.43. The highest BCUT2D eigenvalue weighted by molar-refractivity contribution is 6.30. The average Bonchev–Trinajstić information content (AvgIpc) is 3.22. The molecule has 6 heteroatoms. The van der Waals surface area contributed by atoms with E-state index in [1.165, 1.54) is 16.7 Å². The molecule has 0 spiro atoms. The van der Waals surface area contributed by atoms with Crippen LogP contribution in [-0.2, 0) is 17.8 Å². The molecule has 5 nitrogen and oxygen atoms in total. The standard InChI is InChI=1S/C28H30ClN3O2/c1-30-14-16-31(17-15-30)18-21-2-6-23(7-3-21)24-8-4-22(5-9-24)19-32-20-27(34-28(32)33)25-10-12-26(29)13-11-25/h2-13,27H,14-20H2,1H3. The molecule has 0 aliphatic carbocycles. The summed E-state index contributed by atoms with van der Waals surface area (Å²) in [6, 6.07) is 24.8. The minimum Gasteiger partial charge on any atom is -0.439 e. The van der Waals surface area contributed by atoms with Crippen molar-refractivity contribution in [2.45, 2.75) is 19.2 Å². The molecule has 2 aliphatic rings. The van der Waals surface area contributed by atoms with Gasteiger partial charge >= 0.3 is 6.09 Å². The highest BCUT2D eigenvalue weighted by Gasteiger charge is 2.32. The molecular weight excluding hydrogens is 446 g/mol. The number of carbonyl (C=O) groups is 1. The Morgan fingerprint density at radius 2 is 1.35 bits per heavy atom. The number of amides is 1. The van der Waals surface area contributed by atoms with Gasteiger partial charge < -0.3 is 9.64 Å². The molecule has 5 rings (SSSR count). The summed E-state index contributed by atoms with van der Waals surface area (Å²) < 4.78 is 5.57. The van der Waals surface area contributed by atoms with Crippen LogP contribution in [0.15, 0.2) is 72.8 Å². The molecule has 0 saturated carbocycles. The van der Waals surface area contributed by atoms with E-state index in [9.17, 15) is 4.79 Å². The fraction of sp³-hybridized carbons (Fsp3) is 0.321. The second-order valence-electron chi connectivity index (χ2n) is 9.28. The lowest BCUT2D eigenvalue weighted by atomic mass is 10.0. The molecule has 176 valence electrons. The summed E-state index contributed by atoms with van der Waals surface area (Å²) in [5, 5.41) is 0.676. The topological polar surface area (TPSA) is 36.0 Å². The normalized spacial score (nSPS) is 19.4. The molecular formula is C28H30ClN3O2. The quantitative estimate of drug-likeness (QED) is 0.475. The van der Waals surface area contributed by atoms with Crippen LogP contribution in [0.1, 0.15) is 22.8 Å². The van der Waals surface area contributed by atoms with Gasteiger partial charge in [-0.1, -0.05) is 72.3 Å². The van der Waals surface area contributed by atoms with Gasteiger partial charge in [-0.25, -0.2) is 4.79 Å². The van der Waals surface area contributed by atoms with E-state index in [0.717, 1.165) is 43.9 Å². The summed E-state index contributed by atoms with van der Waals surface area (Å²) in [4.78, 5) is 19.0. The molecule has 1 amide bonds. The lowest BCUT2D eigenvalue weighted by Gasteiger charge is -2.32. The van der Waals surface area contributed by atoms with Crippen LogP contribution in [-0.4, -0.2) is 60.6 Å². The number of likely N-dealkylation sites (N-methyl/N-ethyl adjacent to an activating group) is 1. The van der Waals surface area contributed by atoms with Gasteiger partial charge in [0.2, 0.25) is 0 Å². The Bertz CT molecular complexity index is 1110. The minimum absolute atomic E-state index is 0.256. The van der Waals surface area contributed by atoms with E-state index in [2.05, 4.69) is 65.4 Å². The predicted molar refractivity (Wildman–Crippen MR) is 136 cm³/mol. The van der Waals surface area contributed by atoms with Crippen molar-refractivity contribution in [3.63, 3.8) is 0 Å². The molecule has 2 saturated heterocycles. The second-order valence-corrected chi connectivity index (χ2v) is 9.71. The van der Waals surface area contributed by atoms with Gasteiger partial charge in [-0.05, 0) is 47.0 Å². The molecule has 2 heterocycles. The minimum atomic E-state index is -0.278. The summed E-state index contributed by atoms with van der Waals surface area (Å²) >= 11 is 5.97. The van der Waals surface area contributed by atoms with Crippen LogP contribution in [0.5, 0.6) is 0 Å². The number of ether oxygens (including phenoxy) is 1. The van der Waals surface area contributed by atoms with Crippen molar-refractivity contribution in [1.29, 1.82) is 0 Å². The molecule has 3 aromatic carbocycles. The maximum atomic E-state index is 12.4. The van der Waals surface area contributed by atoms with E-state index in [4.69, 9.17) is 16.3 Å². The molecule has 34 heavy (non-hydrogen) atoms. The molecule has 3 aromatic rings. The number of hydrogen-bond acceptors (Lipinski definition) is 4. The first-order valence-electron chi connectivity index (χ1n) is 11.8. The van der Waals surface area contributed by atoms with E-state index in [1.807, 2.05) is 24.3 Å². The first-order valence-corrected chi connectivity index (χ1v) is 12.2. The molecule has 0 N–H and O–H groups in total. The zero-order chi connectivity index (χ0) is 23.5. The molecule has 1 unspecified atom stereocenters. The number of hydrogen-bond donors (Lipinski definition) is 0. The predicted octanol–water partition coefficient (Wildman–Crippen LogP) is 5.45. The van der Waals surface area contributed by atoms with Crippen LogP contribution in [0.25, 0.3) is 11.1 Å². The first kappa shape index (κ1) is 22.9. The highest BCUT2D eigenvalue weighted by atomic mass is 35.5. The van der Waals surface area contributed by atoms with Gasteiger partial charge in [0, 0.05) is 44.3 Å². The smallest absolute Gasteiger partial charge is 0.410 e. The van der Waals surface area contributed by atoms with Crippen molar-refractivity contribution >= 4 is 17.7 Å². The van der Waals surface area contributed by atoms with E-state index < -0.39 is 0 Å². The fourth-order valence-corrected chi connectivity index (χ4v) is 4.70. The van der Waals surface area contributed by atoms with Crippen molar-refractivity contribution in [3.8, 4) is 11.1 Å².